The summed E-state index contributed by atoms with van der Waals surface area (Å²) in [4.78, 5) is 41.7. The molecule has 0 radical (unpaired) electrons. The van der Waals surface area contributed by atoms with Crippen molar-refractivity contribution in [1.82, 2.24) is 45.4 Å². The van der Waals surface area contributed by atoms with Gasteiger partial charge in [-0.1, -0.05) is 11.6 Å². The molecule has 18 heteroatoms. The number of fused-ring (bicyclic) bond motifs is 1. The Morgan fingerprint density at radius 1 is 1.30 bits per heavy atom. The highest BCUT2D eigenvalue weighted by atomic mass is 35.5. The number of benzene rings is 1. The summed E-state index contributed by atoms with van der Waals surface area (Å²) in [6, 6.07) is 6.83. The third-order valence-corrected chi connectivity index (χ3v) is 7.20. The maximum absolute atomic E-state index is 14.4. The lowest BCUT2D eigenvalue weighted by Crippen LogP contribution is -2.42. The number of carboxylic acid groups (broad SMARTS) is 1. The number of imidazole rings is 1. The topological polar surface area (TPSA) is 203 Å². The fraction of sp³-hybridized carbons (Fsp3) is 0.345. The van der Waals surface area contributed by atoms with E-state index < -0.39 is 11.6 Å². The number of nitriles is 1. The van der Waals surface area contributed by atoms with Gasteiger partial charge in [0.25, 0.3) is 18.3 Å². The van der Waals surface area contributed by atoms with Crippen molar-refractivity contribution in [2.45, 2.75) is 31.9 Å². The smallest absolute Gasteiger partial charge is 0.290 e. The van der Waals surface area contributed by atoms with Gasteiger partial charge in [-0.15, -0.1) is 0 Å². The highest BCUT2D eigenvalue weighted by molar-refractivity contribution is 6.34. The Morgan fingerprint density at radius 3 is 2.77 bits per heavy atom. The Kier molecular flexibility index (Phi) is 11.7. The third-order valence-electron chi connectivity index (χ3n) is 6.89. The van der Waals surface area contributed by atoms with Crippen LogP contribution in [-0.2, 0) is 22.1 Å². The van der Waals surface area contributed by atoms with Crippen LogP contribution in [0.15, 0.2) is 43.0 Å². The van der Waals surface area contributed by atoms with Crippen LogP contribution in [0.1, 0.15) is 29.4 Å². The van der Waals surface area contributed by atoms with E-state index >= 15 is 0 Å². The molecule has 0 saturated carbocycles. The summed E-state index contributed by atoms with van der Waals surface area (Å²) in [5, 5.41) is 35.0. The van der Waals surface area contributed by atoms with Crippen molar-refractivity contribution in [3.63, 3.8) is 0 Å². The van der Waals surface area contributed by atoms with Gasteiger partial charge in [0.15, 0.2) is 11.5 Å². The third kappa shape index (κ3) is 8.97. The highest BCUT2D eigenvalue weighted by Gasteiger charge is 2.33. The largest absolute Gasteiger partial charge is 0.483 e. The SMILES string of the molecule is CC(F)(F)c1nn(CC#N)cc1-c1cnc2c(Nc3ccc(C(=O)NCCNCC(=O)N[C@H]4CCNC4)c(Cl)c3)nccn12.O=CO. The molecule has 1 aliphatic heterocycles. The molecule has 1 saturated heterocycles. The van der Waals surface area contributed by atoms with Crippen LogP contribution >= 0.6 is 11.6 Å². The van der Waals surface area contributed by atoms with E-state index in [2.05, 4.69) is 41.7 Å². The first-order chi connectivity index (χ1) is 22.5. The molecule has 47 heavy (non-hydrogen) atoms. The summed E-state index contributed by atoms with van der Waals surface area (Å²) in [7, 11) is 0. The number of anilines is 2. The lowest BCUT2D eigenvalue weighted by Gasteiger charge is -2.12. The van der Waals surface area contributed by atoms with Crippen LogP contribution in [0.4, 0.5) is 20.3 Å². The lowest BCUT2D eigenvalue weighted by atomic mass is 10.1. The van der Waals surface area contributed by atoms with Crippen molar-refractivity contribution in [1.29, 1.82) is 5.26 Å². The van der Waals surface area contributed by atoms with E-state index in [1.54, 1.807) is 28.8 Å². The molecule has 0 aliphatic carbocycles. The number of carbonyl (C=O) groups is 3. The van der Waals surface area contributed by atoms with E-state index in [9.17, 15) is 18.4 Å². The molecule has 6 N–H and O–H groups in total. The van der Waals surface area contributed by atoms with Crippen LogP contribution < -0.4 is 26.6 Å². The van der Waals surface area contributed by atoms with Gasteiger partial charge >= 0.3 is 0 Å². The Morgan fingerprint density at radius 2 is 2.09 bits per heavy atom. The van der Waals surface area contributed by atoms with E-state index in [0.29, 0.717) is 35.9 Å². The van der Waals surface area contributed by atoms with Crippen LogP contribution in [0.5, 0.6) is 0 Å². The minimum atomic E-state index is -3.25. The number of alkyl halides is 2. The summed E-state index contributed by atoms with van der Waals surface area (Å²) in [5.41, 5.74) is 1.14. The minimum Gasteiger partial charge on any atom is -0.483 e. The first kappa shape index (κ1) is 34.7. The summed E-state index contributed by atoms with van der Waals surface area (Å²) < 4.78 is 31.5. The predicted molar refractivity (Wildman–Crippen MR) is 167 cm³/mol. The molecule has 1 aromatic carbocycles. The molecule has 1 atom stereocenters. The zero-order chi connectivity index (χ0) is 34.0. The van der Waals surface area contributed by atoms with Gasteiger partial charge in [0.2, 0.25) is 5.91 Å². The number of aromatic nitrogens is 5. The standard InChI is InChI=1S/C28H30ClF2N11O2.CH2O2/c1-28(30,31)24-20(16-41(40-24)10-5-32)22-14-37-26-25(35-9-11-42(22)26)39-17-2-3-19(21(29)12-17)27(44)36-8-7-34-15-23(43)38-18-4-6-33-13-18;2-1-3/h2-3,9,11-12,14,16,18,33-34H,4,6-8,10,13,15H2,1H3,(H,35,39)(H,36,44)(H,38,43);1H,(H,2,3)/t18-;/m0./s1. The summed E-state index contributed by atoms with van der Waals surface area (Å²) >= 11 is 6.42. The molecule has 0 bridgehead atoms. The van der Waals surface area contributed by atoms with Gasteiger partial charge in [0, 0.05) is 62.4 Å². The van der Waals surface area contributed by atoms with E-state index in [-0.39, 0.29) is 53.6 Å². The van der Waals surface area contributed by atoms with Gasteiger partial charge in [0.05, 0.1) is 35.1 Å². The number of rotatable bonds is 12. The Bertz CT molecular complexity index is 1760. The van der Waals surface area contributed by atoms with Crippen LogP contribution in [-0.4, -0.2) is 86.3 Å². The molecule has 4 aromatic rings. The molecule has 248 valence electrons. The maximum Gasteiger partial charge on any atom is 0.290 e. The van der Waals surface area contributed by atoms with Crippen LogP contribution in [0.25, 0.3) is 16.9 Å². The molecule has 5 rings (SSSR count). The van der Waals surface area contributed by atoms with E-state index in [0.717, 1.165) is 31.1 Å². The van der Waals surface area contributed by atoms with Gasteiger partial charge in [-0.25, -0.2) is 9.97 Å². The van der Waals surface area contributed by atoms with Gasteiger partial charge in [-0.2, -0.15) is 19.1 Å². The van der Waals surface area contributed by atoms with Gasteiger partial charge in [-0.3, -0.25) is 23.5 Å². The lowest BCUT2D eigenvalue weighted by molar-refractivity contribution is -0.123. The second-order valence-corrected chi connectivity index (χ2v) is 10.8. The molecule has 2 amide bonds. The number of hydrogen-bond acceptors (Lipinski definition) is 10. The van der Waals surface area contributed by atoms with Crippen LogP contribution in [0.3, 0.4) is 0 Å². The average molecular weight is 672 g/mol. The van der Waals surface area contributed by atoms with Crippen molar-refractivity contribution >= 4 is 47.0 Å². The molecule has 15 nitrogen and oxygen atoms in total. The first-order valence-corrected chi connectivity index (χ1v) is 14.7. The maximum atomic E-state index is 14.4. The van der Waals surface area contributed by atoms with Crippen molar-refractivity contribution < 1.29 is 28.3 Å². The van der Waals surface area contributed by atoms with Gasteiger partial charge < -0.3 is 31.7 Å². The molecule has 4 heterocycles. The molecule has 3 aromatic heterocycles. The zero-order valence-corrected chi connectivity index (χ0v) is 25.9. The number of hydrogen-bond donors (Lipinski definition) is 6. The quantitative estimate of drug-likeness (QED) is 0.0951. The second-order valence-electron chi connectivity index (χ2n) is 10.4. The summed E-state index contributed by atoms with van der Waals surface area (Å²) in [6.07, 6.45) is 6.79. The monoisotopic (exact) mass is 671 g/mol. The fourth-order valence-corrected chi connectivity index (χ4v) is 5.09. The average Bonchev–Trinajstić information content (AvgIpc) is 3.78. The van der Waals surface area contributed by atoms with Crippen molar-refractivity contribution in [2.75, 3.05) is 38.0 Å². The van der Waals surface area contributed by atoms with Gasteiger partial charge in [0.1, 0.15) is 12.2 Å². The summed E-state index contributed by atoms with van der Waals surface area (Å²) in [6.45, 7) is 2.83. The van der Waals surface area contributed by atoms with Crippen LogP contribution in [0.2, 0.25) is 5.02 Å². The highest BCUT2D eigenvalue weighted by Crippen LogP contribution is 2.35. The Labute approximate surface area is 272 Å². The number of halogens is 3. The fourth-order valence-electron chi connectivity index (χ4n) is 4.83. The van der Waals surface area contributed by atoms with Crippen molar-refractivity contribution in [2.24, 2.45) is 0 Å². The predicted octanol–water partition coefficient (Wildman–Crippen LogP) is 2.12. The zero-order valence-electron chi connectivity index (χ0n) is 25.1. The number of amides is 2. The number of nitrogens with one attached hydrogen (secondary N) is 5. The molecular formula is C29H32ClF2N11O4. The molecule has 0 unspecified atom stereocenters. The number of carbonyl (C=O) groups excluding carboxylic acids is 2. The minimum absolute atomic E-state index is 0.0908. The summed E-state index contributed by atoms with van der Waals surface area (Å²) in [5.74, 6) is -3.39. The first-order valence-electron chi connectivity index (χ1n) is 14.3. The number of nitrogens with zero attached hydrogens (tertiary/aromatic N) is 6. The van der Waals surface area contributed by atoms with E-state index in [1.165, 1.54) is 18.6 Å². The van der Waals surface area contributed by atoms with Gasteiger partial charge in [-0.05, 0) is 31.2 Å². The normalized spacial score (nSPS) is 14.1. The van der Waals surface area contributed by atoms with Crippen molar-refractivity contribution in [3.8, 4) is 17.3 Å². The molecular weight excluding hydrogens is 640 g/mol. The Hall–Kier alpha value is -5.18. The van der Waals surface area contributed by atoms with E-state index in [4.69, 9.17) is 26.8 Å². The Balaban J connectivity index is 0.00000160. The van der Waals surface area contributed by atoms with Crippen molar-refractivity contribution in [3.05, 3.63) is 59.3 Å². The second kappa shape index (κ2) is 15.9. The molecule has 1 fully saturated rings. The van der Waals surface area contributed by atoms with Crippen LogP contribution in [0, 0.1) is 11.3 Å². The molecule has 1 aliphatic rings. The van der Waals surface area contributed by atoms with E-state index in [1.807, 2.05) is 6.07 Å². The molecule has 0 spiro atoms.